The Hall–Kier alpha value is -1.42. The van der Waals surface area contributed by atoms with Gasteiger partial charge in [0.15, 0.2) is 0 Å². The number of hydrogen-bond acceptors (Lipinski definition) is 2. The summed E-state index contributed by atoms with van der Waals surface area (Å²) in [5.74, 6) is -0.123. The highest BCUT2D eigenvalue weighted by Gasteiger charge is 2.20. The number of benzene rings is 1. The van der Waals surface area contributed by atoms with Gasteiger partial charge in [-0.2, -0.15) is 0 Å². The van der Waals surface area contributed by atoms with E-state index in [1.807, 2.05) is 0 Å². The van der Waals surface area contributed by atoms with Gasteiger partial charge in [-0.25, -0.2) is 4.39 Å². The molecule has 0 aliphatic carbocycles. The number of carbonyl (C=O) groups is 1. The number of nitrogens with zero attached hydrogens (tertiary/aromatic N) is 1. The van der Waals surface area contributed by atoms with Crippen LogP contribution in [0.1, 0.15) is 16.8 Å². The molecule has 0 bridgehead atoms. The van der Waals surface area contributed by atoms with Crippen LogP contribution in [0.4, 0.5) is 4.39 Å². The molecule has 1 aliphatic heterocycles. The molecule has 1 saturated heterocycles. The molecule has 1 unspecified atom stereocenters. The highest BCUT2D eigenvalue weighted by Crippen LogP contribution is 2.15. The van der Waals surface area contributed by atoms with Crippen molar-refractivity contribution >= 4 is 5.91 Å². The van der Waals surface area contributed by atoms with Gasteiger partial charge in [0.25, 0.3) is 5.91 Å². The average molecular weight is 237 g/mol. The zero-order chi connectivity index (χ0) is 12.3. The van der Waals surface area contributed by atoms with Gasteiger partial charge >= 0.3 is 0 Å². The van der Waals surface area contributed by atoms with Crippen molar-refractivity contribution in [1.82, 2.24) is 4.90 Å². The first-order valence-electron chi connectivity index (χ1n) is 5.75. The van der Waals surface area contributed by atoms with Crippen molar-refractivity contribution in [2.24, 2.45) is 5.92 Å². The quantitative estimate of drug-likeness (QED) is 0.804. The highest BCUT2D eigenvalue weighted by molar-refractivity contribution is 5.94. The van der Waals surface area contributed by atoms with Crippen molar-refractivity contribution in [3.8, 4) is 0 Å². The zero-order valence-corrected chi connectivity index (χ0v) is 9.86. The lowest BCUT2D eigenvalue weighted by Gasteiger charge is -2.20. The summed E-state index contributed by atoms with van der Waals surface area (Å²) < 4.78 is 18.3. The van der Waals surface area contributed by atoms with Crippen molar-refractivity contribution in [3.63, 3.8) is 0 Å². The van der Waals surface area contributed by atoms with E-state index in [9.17, 15) is 9.18 Å². The van der Waals surface area contributed by atoms with E-state index in [0.717, 1.165) is 13.0 Å². The summed E-state index contributed by atoms with van der Waals surface area (Å²) in [5, 5.41) is 0. The SMILES string of the molecule is CN(CC1CCOC1)C(=O)c1cccc(F)c1. The largest absolute Gasteiger partial charge is 0.381 e. The fourth-order valence-electron chi connectivity index (χ4n) is 2.04. The first-order chi connectivity index (χ1) is 8.16. The number of ether oxygens (including phenoxy) is 1. The minimum absolute atomic E-state index is 0.142. The predicted octanol–water partition coefficient (Wildman–Crippen LogP) is 1.93. The third-order valence-corrected chi connectivity index (χ3v) is 2.97. The molecule has 1 aromatic rings. The summed E-state index contributed by atoms with van der Waals surface area (Å²) in [6, 6.07) is 5.79. The van der Waals surface area contributed by atoms with E-state index in [1.54, 1.807) is 24.1 Å². The summed E-state index contributed by atoms with van der Waals surface area (Å²) in [7, 11) is 1.74. The van der Waals surface area contributed by atoms with Crippen molar-refractivity contribution in [3.05, 3.63) is 35.6 Å². The number of hydrogen-bond donors (Lipinski definition) is 0. The summed E-state index contributed by atoms with van der Waals surface area (Å²) in [6.07, 6.45) is 0.987. The summed E-state index contributed by atoms with van der Waals surface area (Å²) in [6.45, 7) is 2.14. The minimum atomic E-state index is -0.381. The fraction of sp³-hybridized carbons (Fsp3) is 0.462. The Balaban J connectivity index is 1.98. The van der Waals surface area contributed by atoms with E-state index in [0.29, 0.717) is 24.6 Å². The Kier molecular flexibility index (Phi) is 3.74. The van der Waals surface area contributed by atoms with E-state index in [2.05, 4.69) is 0 Å². The molecule has 0 radical (unpaired) electrons. The van der Waals surface area contributed by atoms with Crippen LogP contribution in [0.25, 0.3) is 0 Å². The number of halogens is 1. The number of rotatable bonds is 3. The number of carbonyl (C=O) groups excluding carboxylic acids is 1. The molecule has 1 atom stereocenters. The average Bonchev–Trinajstić information content (AvgIpc) is 2.80. The third-order valence-electron chi connectivity index (χ3n) is 2.97. The Morgan fingerprint density at radius 2 is 2.41 bits per heavy atom. The molecular formula is C13H16FNO2. The lowest BCUT2D eigenvalue weighted by atomic mass is 10.1. The van der Waals surface area contributed by atoms with Gasteiger partial charge in [0, 0.05) is 31.7 Å². The summed E-state index contributed by atoms with van der Waals surface area (Å²) in [5.41, 5.74) is 0.395. The molecule has 0 spiro atoms. The second-order valence-corrected chi connectivity index (χ2v) is 4.43. The smallest absolute Gasteiger partial charge is 0.253 e. The molecular weight excluding hydrogens is 221 g/mol. The van der Waals surface area contributed by atoms with Gasteiger partial charge in [-0.1, -0.05) is 6.07 Å². The molecule has 4 heteroatoms. The first-order valence-corrected chi connectivity index (χ1v) is 5.75. The normalized spacial score (nSPS) is 19.3. The van der Waals surface area contributed by atoms with Gasteiger partial charge in [-0.15, -0.1) is 0 Å². The van der Waals surface area contributed by atoms with Gasteiger partial charge in [-0.05, 0) is 24.6 Å². The summed E-state index contributed by atoms with van der Waals surface area (Å²) >= 11 is 0. The maximum atomic E-state index is 13.0. The lowest BCUT2D eigenvalue weighted by Crippen LogP contribution is -2.32. The molecule has 3 nitrogen and oxygen atoms in total. The van der Waals surface area contributed by atoms with Gasteiger partial charge in [-0.3, -0.25) is 4.79 Å². The molecule has 1 fully saturated rings. The van der Waals surface area contributed by atoms with E-state index >= 15 is 0 Å². The third kappa shape index (κ3) is 3.03. The van der Waals surface area contributed by atoms with Gasteiger partial charge in [0.2, 0.25) is 0 Å². The van der Waals surface area contributed by atoms with E-state index in [4.69, 9.17) is 4.74 Å². The van der Waals surface area contributed by atoms with Crippen molar-refractivity contribution in [2.75, 3.05) is 26.8 Å². The van der Waals surface area contributed by atoms with Crippen LogP contribution in [0, 0.1) is 11.7 Å². The Morgan fingerprint density at radius 1 is 1.59 bits per heavy atom. The van der Waals surface area contributed by atoms with Crippen LogP contribution < -0.4 is 0 Å². The van der Waals surface area contributed by atoms with E-state index in [1.165, 1.54) is 12.1 Å². The van der Waals surface area contributed by atoms with Crippen LogP contribution in [-0.4, -0.2) is 37.6 Å². The predicted molar refractivity (Wildman–Crippen MR) is 62.3 cm³/mol. The Morgan fingerprint density at radius 3 is 3.06 bits per heavy atom. The molecule has 1 heterocycles. The van der Waals surface area contributed by atoms with Gasteiger partial charge in [0.05, 0.1) is 6.61 Å². The Bertz CT molecular complexity index is 402. The van der Waals surface area contributed by atoms with Crippen LogP contribution >= 0.6 is 0 Å². The van der Waals surface area contributed by atoms with Crippen LogP contribution in [0.2, 0.25) is 0 Å². The molecule has 1 aromatic carbocycles. The first kappa shape index (κ1) is 12.0. The Labute approximate surface area is 100 Å². The van der Waals surface area contributed by atoms with Gasteiger partial charge < -0.3 is 9.64 Å². The fourth-order valence-corrected chi connectivity index (χ4v) is 2.04. The van der Waals surface area contributed by atoms with Crippen LogP contribution in [0.15, 0.2) is 24.3 Å². The van der Waals surface area contributed by atoms with E-state index < -0.39 is 0 Å². The second kappa shape index (κ2) is 5.27. The van der Waals surface area contributed by atoms with Crippen LogP contribution in [-0.2, 0) is 4.74 Å². The van der Waals surface area contributed by atoms with Crippen molar-refractivity contribution < 1.29 is 13.9 Å². The zero-order valence-electron chi connectivity index (χ0n) is 9.86. The monoisotopic (exact) mass is 237 g/mol. The summed E-state index contributed by atoms with van der Waals surface area (Å²) in [4.78, 5) is 13.6. The molecule has 0 aromatic heterocycles. The van der Waals surface area contributed by atoms with Gasteiger partial charge in [0.1, 0.15) is 5.82 Å². The number of amides is 1. The lowest BCUT2D eigenvalue weighted by molar-refractivity contribution is 0.0765. The second-order valence-electron chi connectivity index (χ2n) is 4.43. The maximum Gasteiger partial charge on any atom is 0.253 e. The van der Waals surface area contributed by atoms with Crippen molar-refractivity contribution in [2.45, 2.75) is 6.42 Å². The molecule has 17 heavy (non-hydrogen) atoms. The van der Waals surface area contributed by atoms with Crippen LogP contribution in [0.3, 0.4) is 0 Å². The molecule has 0 saturated carbocycles. The molecule has 92 valence electrons. The standard InChI is InChI=1S/C13H16FNO2/c1-15(8-10-5-6-17-9-10)13(16)11-3-2-4-12(14)7-11/h2-4,7,10H,5-6,8-9H2,1H3. The van der Waals surface area contributed by atoms with E-state index in [-0.39, 0.29) is 11.7 Å². The molecule has 1 amide bonds. The highest BCUT2D eigenvalue weighted by atomic mass is 19.1. The maximum absolute atomic E-state index is 13.0. The topological polar surface area (TPSA) is 29.5 Å². The van der Waals surface area contributed by atoms with Crippen LogP contribution in [0.5, 0.6) is 0 Å². The molecule has 0 N–H and O–H groups in total. The molecule has 1 aliphatic rings. The minimum Gasteiger partial charge on any atom is -0.381 e. The molecule has 2 rings (SSSR count). The van der Waals surface area contributed by atoms with Crippen molar-refractivity contribution in [1.29, 1.82) is 0 Å².